The average molecular weight is 277 g/mol. The van der Waals surface area contributed by atoms with Crippen LogP contribution in [0.2, 0.25) is 0 Å². The molecule has 0 atom stereocenters. The van der Waals surface area contributed by atoms with Crippen LogP contribution < -0.4 is 0 Å². The third kappa shape index (κ3) is 3.89. The number of carbonyl (C=O) groups is 1. The molecule has 0 unspecified atom stereocenters. The van der Waals surface area contributed by atoms with E-state index in [0.717, 1.165) is 10.4 Å². The van der Waals surface area contributed by atoms with Crippen molar-refractivity contribution in [3.63, 3.8) is 0 Å². The third-order valence-electron chi connectivity index (χ3n) is 2.90. The maximum Gasteiger partial charge on any atom is 0.228 e. The van der Waals surface area contributed by atoms with Crippen molar-refractivity contribution in [2.75, 3.05) is 6.54 Å². The smallest absolute Gasteiger partial charge is 0.228 e. The molecule has 0 radical (unpaired) electrons. The van der Waals surface area contributed by atoms with Gasteiger partial charge in [0.25, 0.3) is 0 Å². The molecule has 4 heteroatoms. The van der Waals surface area contributed by atoms with Gasteiger partial charge < -0.3 is 4.90 Å². The van der Waals surface area contributed by atoms with Crippen molar-refractivity contribution in [2.24, 2.45) is 0 Å². The van der Waals surface area contributed by atoms with Crippen LogP contribution in [0.3, 0.4) is 0 Å². The van der Waals surface area contributed by atoms with E-state index >= 15 is 0 Å². The van der Waals surface area contributed by atoms with Gasteiger partial charge in [0.15, 0.2) is 0 Å². The molecule has 1 aromatic carbocycles. The minimum Gasteiger partial charge on any atom is -0.338 e. The molecule has 0 aliphatic rings. The van der Waals surface area contributed by atoms with Gasteiger partial charge in [0, 0.05) is 18.0 Å². The van der Waals surface area contributed by atoms with E-state index < -0.39 is 0 Å². The van der Waals surface area contributed by atoms with E-state index in [1.54, 1.807) is 22.3 Å². The van der Waals surface area contributed by atoms with Gasteiger partial charge in [-0.1, -0.05) is 18.2 Å². The molecule has 0 N–H and O–H groups in total. The summed E-state index contributed by atoms with van der Waals surface area (Å²) in [6.07, 6.45) is 0.417. The summed E-state index contributed by atoms with van der Waals surface area (Å²) in [5.41, 5.74) is 0.821. The molecular weight excluding hydrogens is 261 g/mol. The maximum absolute atomic E-state index is 13.1. The number of likely N-dealkylation sites (N-methyl/N-ethyl adjacent to an activating group) is 1. The molecule has 0 saturated heterocycles. The average Bonchev–Trinajstić information content (AvgIpc) is 2.88. The van der Waals surface area contributed by atoms with Crippen LogP contribution in [0.1, 0.15) is 17.4 Å². The Hall–Kier alpha value is -1.68. The Labute approximate surface area is 116 Å². The van der Waals surface area contributed by atoms with Crippen LogP contribution in [-0.4, -0.2) is 17.4 Å². The zero-order valence-corrected chi connectivity index (χ0v) is 11.6. The van der Waals surface area contributed by atoms with E-state index in [9.17, 15) is 9.18 Å². The zero-order chi connectivity index (χ0) is 13.7. The van der Waals surface area contributed by atoms with Gasteiger partial charge in [0.1, 0.15) is 5.82 Å². The van der Waals surface area contributed by atoms with Crippen LogP contribution in [0.25, 0.3) is 0 Å². The first-order chi connectivity index (χ1) is 9.19. The summed E-state index contributed by atoms with van der Waals surface area (Å²) in [5.74, 6) is -0.187. The molecule has 2 aromatic rings. The summed E-state index contributed by atoms with van der Waals surface area (Å²) in [5, 5.41) is 1.96. The Morgan fingerprint density at radius 2 is 2.16 bits per heavy atom. The molecule has 1 heterocycles. The first kappa shape index (κ1) is 13.7. The monoisotopic (exact) mass is 277 g/mol. The second kappa shape index (κ2) is 6.48. The lowest BCUT2D eigenvalue weighted by Gasteiger charge is -2.20. The summed E-state index contributed by atoms with van der Waals surface area (Å²) in [6, 6.07) is 10.3. The van der Waals surface area contributed by atoms with Gasteiger partial charge >= 0.3 is 0 Å². The predicted molar refractivity (Wildman–Crippen MR) is 75.5 cm³/mol. The molecule has 1 amide bonds. The van der Waals surface area contributed by atoms with Gasteiger partial charge in [-0.3, -0.25) is 4.79 Å². The fraction of sp³-hybridized carbons (Fsp3) is 0.267. The van der Waals surface area contributed by atoms with Crippen molar-refractivity contribution < 1.29 is 9.18 Å². The van der Waals surface area contributed by atoms with Gasteiger partial charge in [-0.2, -0.15) is 0 Å². The highest BCUT2D eigenvalue weighted by Crippen LogP contribution is 2.13. The van der Waals surface area contributed by atoms with E-state index in [-0.39, 0.29) is 11.7 Å². The zero-order valence-electron chi connectivity index (χ0n) is 10.8. The number of rotatable bonds is 5. The predicted octanol–water partition coefficient (Wildman–Crippen LogP) is 3.48. The summed E-state index contributed by atoms with van der Waals surface area (Å²) < 4.78 is 13.1. The maximum atomic E-state index is 13.1. The third-order valence-corrected chi connectivity index (χ3v) is 3.78. The van der Waals surface area contributed by atoms with Crippen LogP contribution in [-0.2, 0) is 17.8 Å². The Bertz CT molecular complexity index is 539. The summed E-state index contributed by atoms with van der Waals surface area (Å²) in [6.45, 7) is 3.02. The van der Waals surface area contributed by atoms with Crippen LogP contribution in [0.5, 0.6) is 0 Å². The van der Waals surface area contributed by atoms with E-state index in [2.05, 4.69) is 0 Å². The highest BCUT2D eigenvalue weighted by atomic mass is 32.1. The lowest BCUT2D eigenvalue weighted by Crippen LogP contribution is -2.31. The molecule has 0 aliphatic carbocycles. The summed E-state index contributed by atoms with van der Waals surface area (Å²) in [7, 11) is 0. The van der Waals surface area contributed by atoms with E-state index in [1.807, 2.05) is 30.5 Å². The second-order valence-corrected chi connectivity index (χ2v) is 5.33. The molecule has 0 bridgehead atoms. The number of thiophene rings is 1. The molecular formula is C15H16FNOS. The first-order valence-corrected chi connectivity index (χ1v) is 7.11. The van der Waals surface area contributed by atoms with E-state index in [0.29, 0.717) is 19.5 Å². The molecule has 0 spiro atoms. The number of amides is 1. The van der Waals surface area contributed by atoms with Gasteiger partial charge in [-0.15, -0.1) is 11.3 Å². The van der Waals surface area contributed by atoms with Crippen molar-refractivity contribution in [3.8, 4) is 0 Å². The molecule has 19 heavy (non-hydrogen) atoms. The van der Waals surface area contributed by atoms with Crippen LogP contribution in [0.15, 0.2) is 41.8 Å². The molecule has 2 rings (SSSR count). The first-order valence-electron chi connectivity index (χ1n) is 6.23. The fourth-order valence-corrected chi connectivity index (χ4v) is 2.60. The lowest BCUT2D eigenvalue weighted by atomic mass is 10.2. The largest absolute Gasteiger partial charge is 0.338 e. The van der Waals surface area contributed by atoms with Gasteiger partial charge in [0.05, 0.1) is 6.42 Å². The Morgan fingerprint density at radius 3 is 2.79 bits per heavy atom. The van der Waals surface area contributed by atoms with Gasteiger partial charge in [-0.25, -0.2) is 4.39 Å². The number of benzene rings is 1. The van der Waals surface area contributed by atoms with Crippen molar-refractivity contribution >= 4 is 17.2 Å². The number of nitrogens with zero attached hydrogens (tertiary/aromatic N) is 1. The summed E-state index contributed by atoms with van der Waals surface area (Å²) in [4.78, 5) is 15.0. The molecule has 100 valence electrons. The Kier molecular flexibility index (Phi) is 4.68. The van der Waals surface area contributed by atoms with Gasteiger partial charge in [-0.05, 0) is 36.1 Å². The Balaban J connectivity index is 2.01. The molecule has 0 aliphatic heterocycles. The highest BCUT2D eigenvalue weighted by Gasteiger charge is 2.13. The number of hydrogen-bond donors (Lipinski definition) is 0. The van der Waals surface area contributed by atoms with Crippen LogP contribution in [0, 0.1) is 5.82 Å². The quantitative estimate of drug-likeness (QED) is 0.819. The van der Waals surface area contributed by atoms with E-state index in [4.69, 9.17) is 0 Å². The second-order valence-electron chi connectivity index (χ2n) is 4.29. The summed E-state index contributed by atoms with van der Waals surface area (Å²) >= 11 is 1.58. The van der Waals surface area contributed by atoms with Crippen molar-refractivity contribution in [1.82, 2.24) is 4.90 Å². The van der Waals surface area contributed by atoms with Crippen LogP contribution >= 0.6 is 11.3 Å². The molecule has 1 aromatic heterocycles. The van der Waals surface area contributed by atoms with Crippen LogP contribution in [0.4, 0.5) is 4.39 Å². The van der Waals surface area contributed by atoms with Gasteiger partial charge in [0.2, 0.25) is 5.91 Å². The highest BCUT2D eigenvalue weighted by molar-refractivity contribution is 7.10. The SMILES string of the molecule is CCN(Cc1cccc(F)c1)C(=O)Cc1cccs1. The standard InChI is InChI=1S/C15H16FNOS/c1-2-17(11-12-5-3-6-13(16)9-12)15(18)10-14-7-4-8-19-14/h3-9H,2,10-11H2,1H3. The minimum absolute atomic E-state index is 0.0780. The number of carbonyl (C=O) groups excluding carboxylic acids is 1. The minimum atomic E-state index is -0.265. The van der Waals surface area contributed by atoms with E-state index in [1.165, 1.54) is 12.1 Å². The topological polar surface area (TPSA) is 20.3 Å². The molecule has 0 saturated carbocycles. The fourth-order valence-electron chi connectivity index (χ4n) is 1.91. The molecule has 2 nitrogen and oxygen atoms in total. The lowest BCUT2D eigenvalue weighted by molar-refractivity contribution is -0.130. The number of halogens is 1. The molecule has 0 fully saturated rings. The Morgan fingerprint density at radius 1 is 1.32 bits per heavy atom. The number of hydrogen-bond acceptors (Lipinski definition) is 2. The van der Waals surface area contributed by atoms with Crippen molar-refractivity contribution in [3.05, 3.63) is 58.0 Å². The normalized spacial score (nSPS) is 10.4. The van der Waals surface area contributed by atoms with Crippen molar-refractivity contribution in [2.45, 2.75) is 19.9 Å². The van der Waals surface area contributed by atoms with Crippen molar-refractivity contribution in [1.29, 1.82) is 0 Å².